The van der Waals surface area contributed by atoms with Gasteiger partial charge in [-0.25, -0.2) is 0 Å². The predicted octanol–water partition coefficient (Wildman–Crippen LogP) is 9.24. The maximum Gasteiger partial charge on any atom is 0.301 e. The summed E-state index contributed by atoms with van der Waals surface area (Å²) in [6.07, 6.45) is 0.857. The Bertz CT molecular complexity index is 1780. The van der Waals surface area contributed by atoms with Crippen LogP contribution in [0.5, 0.6) is 11.5 Å². The number of rotatable bonds is 12. The first-order chi connectivity index (χ1) is 22.1. The zero-order chi connectivity index (χ0) is 33.0. The average Bonchev–Trinajstić information content (AvgIpc) is 3.59. The summed E-state index contributed by atoms with van der Waals surface area (Å²) < 4.78 is 12.5. The molecule has 8 nitrogen and oxygen atoms in total. The fourth-order valence-corrected chi connectivity index (χ4v) is 7.28. The Hall–Kier alpha value is -3.28. The summed E-state index contributed by atoms with van der Waals surface area (Å²) in [5.41, 5.74) is 1.61. The van der Waals surface area contributed by atoms with Crippen molar-refractivity contribution in [1.82, 2.24) is 10.2 Å². The van der Waals surface area contributed by atoms with Crippen LogP contribution >= 0.6 is 57.9 Å². The van der Waals surface area contributed by atoms with Crippen LogP contribution in [0.4, 0.5) is 5.13 Å². The lowest BCUT2D eigenvalue weighted by atomic mass is 9.95. The molecule has 3 aromatic carbocycles. The van der Waals surface area contributed by atoms with Crippen LogP contribution in [0.2, 0.25) is 15.1 Å². The van der Waals surface area contributed by atoms with E-state index in [0.29, 0.717) is 66.9 Å². The topological polar surface area (TPSA) is 102 Å². The second-order valence-corrected chi connectivity index (χ2v) is 14.2. The molecular weight excluding hydrogens is 689 g/mol. The Balaban J connectivity index is 1.55. The minimum atomic E-state index is -1.03. The van der Waals surface area contributed by atoms with Crippen LogP contribution in [0.1, 0.15) is 49.9 Å². The standard InChI is InChI=1S/C33H30Cl3N3O5S2/c1-4-43-26-15-20(8-12-25(26)44-14-13-18(2)3)28-27(29(40)19-5-9-22(34)10-6-19)30(41)31(42)39(28)32-37-38-33(46-32)45-17-21-7-11-23(35)16-24(21)36/h5-12,15-16,18,28,40H,4,13-14,17H2,1-3H3/b29-27+. The fourth-order valence-electron chi connectivity index (χ4n) is 4.73. The van der Waals surface area contributed by atoms with Crippen molar-refractivity contribution in [3.63, 3.8) is 0 Å². The number of anilines is 1. The van der Waals surface area contributed by atoms with Crippen LogP contribution in [0.25, 0.3) is 5.76 Å². The number of ether oxygens (including phenoxy) is 2. The number of aromatic nitrogens is 2. The van der Waals surface area contributed by atoms with Crippen molar-refractivity contribution in [2.75, 3.05) is 18.1 Å². The third-order valence-corrected chi connectivity index (χ3v) is 10.0. The smallest absolute Gasteiger partial charge is 0.301 e. The molecule has 2 heterocycles. The number of aliphatic hydroxyl groups excluding tert-OH is 1. The lowest BCUT2D eigenvalue weighted by Gasteiger charge is -2.24. The molecule has 5 rings (SSSR count). The Morgan fingerprint density at radius 3 is 2.41 bits per heavy atom. The molecule has 240 valence electrons. The highest BCUT2D eigenvalue weighted by molar-refractivity contribution is 8.00. The van der Waals surface area contributed by atoms with Crippen molar-refractivity contribution in [3.05, 3.63) is 98.0 Å². The summed E-state index contributed by atoms with van der Waals surface area (Å²) in [5, 5.41) is 21.8. The molecule has 0 spiro atoms. The number of hydrogen-bond acceptors (Lipinski definition) is 9. The van der Waals surface area contributed by atoms with E-state index in [9.17, 15) is 14.7 Å². The van der Waals surface area contributed by atoms with E-state index < -0.39 is 17.7 Å². The summed E-state index contributed by atoms with van der Waals surface area (Å²) in [5.74, 6) is -0.103. The molecule has 1 atom stereocenters. The van der Waals surface area contributed by atoms with Crippen molar-refractivity contribution in [2.24, 2.45) is 5.92 Å². The second-order valence-electron chi connectivity index (χ2n) is 10.7. The van der Waals surface area contributed by atoms with E-state index in [0.717, 1.165) is 23.3 Å². The predicted molar refractivity (Wildman–Crippen MR) is 185 cm³/mol. The molecule has 0 radical (unpaired) electrons. The van der Waals surface area contributed by atoms with Crippen molar-refractivity contribution in [1.29, 1.82) is 0 Å². The molecule has 1 amide bonds. The zero-order valence-corrected chi connectivity index (χ0v) is 29.0. The molecule has 1 saturated heterocycles. The summed E-state index contributed by atoms with van der Waals surface area (Å²) >= 11 is 21.0. The van der Waals surface area contributed by atoms with Gasteiger partial charge in [-0.3, -0.25) is 14.5 Å². The van der Waals surface area contributed by atoms with Crippen molar-refractivity contribution in [3.8, 4) is 11.5 Å². The first-order valence-corrected chi connectivity index (χ1v) is 17.4. The quantitative estimate of drug-likeness (QED) is 0.0509. The van der Waals surface area contributed by atoms with E-state index in [1.807, 2.05) is 13.0 Å². The van der Waals surface area contributed by atoms with Crippen molar-refractivity contribution >= 4 is 80.5 Å². The molecule has 1 N–H and O–H groups in total. The number of Topliss-reactive ketones (excluding diaryl/α,β-unsaturated/α-hetero) is 1. The third kappa shape index (κ3) is 7.64. The summed E-state index contributed by atoms with van der Waals surface area (Å²) in [7, 11) is 0. The van der Waals surface area contributed by atoms with Crippen LogP contribution in [0.15, 0.2) is 70.6 Å². The minimum absolute atomic E-state index is 0.0967. The number of benzene rings is 3. The second kappa shape index (κ2) is 15.1. The van der Waals surface area contributed by atoms with Gasteiger partial charge < -0.3 is 14.6 Å². The lowest BCUT2D eigenvalue weighted by molar-refractivity contribution is -0.132. The zero-order valence-electron chi connectivity index (χ0n) is 25.1. The number of carbonyl (C=O) groups excluding carboxylic acids is 2. The number of hydrogen-bond donors (Lipinski definition) is 1. The van der Waals surface area contributed by atoms with E-state index in [1.165, 1.54) is 16.7 Å². The van der Waals surface area contributed by atoms with Crippen LogP contribution in [-0.4, -0.2) is 40.2 Å². The summed E-state index contributed by atoms with van der Waals surface area (Å²) in [6.45, 7) is 6.95. The fraction of sp³-hybridized carbons (Fsp3) is 0.273. The van der Waals surface area contributed by atoms with Gasteiger partial charge in [0.2, 0.25) is 5.13 Å². The van der Waals surface area contributed by atoms with Crippen LogP contribution in [-0.2, 0) is 15.3 Å². The van der Waals surface area contributed by atoms with Gasteiger partial charge in [-0.15, -0.1) is 10.2 Å². The van der Waals surface area contributed by atoms with E-state index >= 15 is 0 Å². The van der Waals surface area contributed by atoms with Gasteiger partial charge in [0.25, 0.3) is 5.78 Å². The van der Waals surface area contributed by atoms with Crippen molar-refractivity contribution in [2.45, 2.75) is 43.3 Å². The molecule has 0 bridgehead atoms. The number of thioether (sulfide) groups is 1. The molecule has 1 aliphatic heterocycles. The van der Waals surface area contributed by atoms with Gasteiger partial charge in [-0.05, 0) is 78.9 Å². The number of ketones is 1. The van der Waals surface area contributed by atoms with Crippen LogP contribution < -0.4 is 14.4 Å². The molecule has 0 saturated carbocycles. The first-order valence-electron chi connectivity index (χ1n) is 14.4. The molecule has 46 heavy (non-hydrogen) atoms. The van der Waals surface area contributed by atoms with E-state index in [2.05, 4.69) is 24.0 Å². The number of aliphatic hydroxyl groups is 1. The first kappa shape index (κ1) is 34.1. The van der Waals surface area contributed by atoms with Crippen LogP contribution in [0, 0.1) is 5.92 Å². The summed E-state index contributed by atoms with van der Waals surface area (Å²) in [6, 6.07) is 15.8. The normalized spacial score (nSPS) is 16.0. The molecule has 1 aliphatic rings. The largest absolute Gasteiger partial charge is 0.507 e. The van der Waals surface area contributed by atoms with Gasteiger partial charge in [0.15, 0.2) is 15.8 Å². The Labute approximate surface area is 290 Å². The van der Waals surface area contributed by atoms with Gasteiger partial charge in [-0.1, -0.05) is 83.9 Å². The highest BCUT2D eigenvalue weighted by Crippen LogP contribution is 2.46. The van der Waals surface area contributed by atoms with Gasteiger partial charge in [0, 0.05) is 26.4 Å². The SMILES string of the molecule is CCOc1cc(C2/C(=C(\O)c3ccc(Cl)cc3)C(=O)C(=O)N2c2nnc(SCc3ccc(Cl)cc3Cl)s2)ccc1OCCC(C)C. The van der Waals surface area contributed by atoms with Gasteiger partial charge in [-0.2, -0.15) is 0 Å². The maximum atomic E-state index is 13.7. The molecule has 4 aromatic rings. The van der Waals surface area contributed by atoms with Crippen molar-refractivity contribution < 1.29 is 24.2 Å². The maximum absolute atomic E-state index is 13.7. The lowest BCUT2D eigenvalue weighted by Crippen LogP contribution is -2.29. The molecule has 1 fully saturated rings. The highest BCUT2D eigenvalue weighted by Gasteiger charge is 2.48. The number of nitrogens with zero attached hydrogens (tertiary/aromatic N) is 3. The Kier molecular flexibility index (Phi) is 11.2. The number of amides is 1. The summed E-state index contributed by atoms with van der Waals surface area (Å²) in [4.78, 5) is 28.6. The minimum Gasteiger partial charge on any atom is -0.507 e. The molecular formula is C33H30Cl3N3O5S2. The molecule has 13 heteroatoms. The van der Waals surface area contributed by atoms with E-state index in [1.54, 1.807) is 54.6 Å². The van der Waals surface area contributed by atoms with E-state index in [4.69, 9.17) is 44.3 Å². The Morgan fingerprint density at radius 1 is 0.978 bits per heavy atom. The molecule has 0 aliphatic carbocycles. The van der Waals surface area contributed by atoms with Crippen LogP contribution in [0.3, 0.4) is 0 Å². The van der Waals surface area contributed by atoms with Gasteiger partial charge in [0.1, 0.15) is 5.76 Å². The van der Waals surface area contributed by atoms with Gasteiger partial charge >= 0.3 is 5.91 Å². The number of halogens is 3. The van der Waals surface area contributed by atoms with E-state index in [-0.39, 0.29) is 16.5 Å². The monoisotopic (exact) mass is 717 g/mol. The molecule has 1 aromatic heterocycles. The molecule has 1 unspecified atom stereocenters. The highest BCUT2D eigenvalue weighted by atomic mass is 35.5. The third-order valence-electron chi connectivity index (χ3n) is 7.07. The van der Waals surface area contributed by atoms with Gasteiger partial charge in [0.05, 0.1) is 24.8 Å². The Morgan fingerprint density at radius 2 is 1.72 bits per heavy atom. The number of carbonyl (C=O) groups is 2. The average molecular weight is 719 g/mol.